The highest BCUT2D eigenvalue weighted by Crippen LogP contribution is 2.33. The second-order valence-electron chi connectivity index (χ2n) is 11.1. The van der Waals surface area contributed by atoms with Crippen molar-refractivity contribution in [3.8, 4) is 0 Å². The van der Waals surface area contributed by atoms with E-state index in [1.54, 1.807) is 6.92 Å². The molecular formula is C28H50O4. The molecule has 4 nitrogen and oxygen atoms in total. The van der Waals surface area contributed by atoms with E-state index in [4.69, 9.17) is 5.11 Å². The molecule has 0 saturated carbocycles. The predicted octanol–water partition coefficient (Wildman–Crippen LogP) is 6.90. The third-order valence-electron chi connectivity index (χ3n) is 7.61. The van der Waals surface area contributed by atoms with Gasteiger partial charge < -0.3 is 15.3 Å². The molecule has 3 N–H and O–H groups in total. The van der Waals surface area contributed by atoms with Gasteiger partial charge in [0.2, 0.25) is 0 Å². The Kier molecular flexibility index (Phi) is 12.8. The van der Waals surface area contributed by atoms with E-state index in [2.05, 4.69) is 33.8 Å². The summed E-state index contributed by atoms with van der Waals surface area (Å²) >= 11 is 0. The van der Waals surface area contributed by atoms with Gasteiger partial charge in [0.05, 0.1) is 17.6 Å². The van der Waals surface area contributed by atoms with Gasteiger partial charge in [-0.25, -0.2) is 0 Å². The van der Waals surface area contributed by atoms with E-state index in [0.29, 0.717) is 17.8 Å². The van der Waals surface area contributed by atoms with Gasteiger partial charge in [0.1, 0.15) is 0 Å². The number of allylic oxidation sites excluding steroid dienone is 3. The number of carbonyl (C=O) groups is 1. The van der Waals surface area contributed by atoms with E-state index in [-0.39, 0.29) is 12.0 Å². The average molecular weight is 451 g/mol. The standard InChI is InChI=1S/C28H50O4/c1-20(12-8-14-22(3)27(30)31)10-7-11-21(2)13-9-16-28(6,32)17-15-25-18-23(4)24(5)26(29)19-25/h10,19,21-24,26,29,32H,7-9,11-18H2,1-6H3,(H,30,31). The van der Waals surface area contributed by atoms with Crippen molar-refractivity contribution in [3.05, 3.63) is 23.3 Å². The summed E-state index contributed by atoms with van der Waals surface area (Å²) in [6.45, 7) is 12.5. The van der Waals surface area contributed by atoms with Crippen LogP contribution in [-0.2, 0) is 4.79 Å². The summed E-state index contributed by atoms with van der Waals surface area (Å²) in [4.78, 5) is 10.9. The number of rotatable bonds is 15. The smallest absolute Gasteiger partial charge is 0.306 e. The van der Waals surface area contributed by atoms with Crippen LogP contribution in [0.4, 0.5) is 0 Å². The lowest BCUT2D eigenvalue weighted by molar-refractivity contribution is -0.141. The number of aliphatic hydroxyl groups excluding tert-OH is 1. The molecule has 1 aliphatic carbocycles. The maximum atomic E-state index is 10.9. The van der Waals surface area contributed by atoms with Crippen molar-refractivity contribution in [3.63, 3.8) is 0 Å². The van der Waals surface area contributed by atoms with Crippen molar-refractivity contribution in [2.24, 2.45) is 23.7 Å². The van der Waals surface area contributed by atoms with E-state index < -0.39 is 11.6 Å². The van der Waals surface area contributed by atoms with Gasteiger partial charge in [-0.05, 0) is 89.4 Å². The van der Waals surface area contributed by atoms with Crippen LogP contribution in [0.3, 0.4) is 0 Å². The first kappa shape index (κ1) is 28.9. The van der Waals surface area contributed by atoms with E-state index >= 15 is 0 Å². The summed E-state index contributed by atoms with van der Waals surface area (Å²) in [5.41, 5.74) is 2.03. The summed E-state index contributed by atoms with van der Waals surface area (Å²) in [5, 5.41) is 29.9. The zero-order valence-electron chi connectivity index (χ0n) is 21.6. The van der Waals surface area contributed by atoms with Crippen LogP contribution in [0.5, 0.6) is 0 Å². The number of carboxylic acid groups (broad SMARTS) is 1. The van der Waals surface area contributed by atoms with Gasteiger partial charge in [0.25, 0.3) is 0 Å². The van der Waals surface area contributed by atoms with Gasteiger partial charge >= 0.3 is 5.97 Å². The molecule has 0 saturated heterocycles. The van der Waals surface area contributed by atoms with Crippen LogP contribution in [0, 0.1) is 23.7 Å². The number of carboxylic acids is 1. The molecule has 0 aromatic heterocycles. The van der Waals surface area contributed by atoms with Gasteiger partial charge in [-0.3, -0.25) is 4.79 Å². The van der Waals surface area contributed by atoms with Crippen LogP contribution in [0.15, 0.2) is 23.3 Å². The normalized spacial score (nSPS) is 25.7. The SMILES string of the molecule is CC(=CCCC(C)CCCC(C)(O)CCC1=CC(O)C(C)C(C)C1)CCCC(C)C(=O)O. The van der Waals surface area contributed by atoms with Crippen molar-refractivity contribution < 1.29 is 20.1 Å². The predicted molar refractivity (Wildman–Crippen MR) is 134 cm³/mol. The maximum Gasteiger partial charge on any atom is 0.306 e. The van der Waals surface area contributed by atoms with E-state index in [9.17, 15) is 15.0 Å². The van der Waals surface area contributed by atoms with Crippen LogP contribution < -0.4 is 0 Å². The molecule has 32 heavy (non-hydrogen) atoms. The number of aliphatic carboxylic acids is 1. The van der Waals surface area contributed by atoms with Crippen molar-refractivity contribution in [2.75, 3.05) is 0 Å². The van der Waals surface area contributed by atoms with Gasteiger partial charge in [-0.2, -0.15) is 0 Å². The van der Waals surface area contributed by atoms with Gasteiger partial charge in [0, 0.05) is 0 Å². The first-order valence-electron chi connectivity index (χ1n) is 12.9. The van der Waals surface area contributed by atoms with E-state index in [0.717, 1.165) is 70.6 Å². The van der Waals surface area contributed by atoms with Crippen LogP contribution >= 0.6 is 0 Å². The molecule has 0 fully saturated rings. The van der Waals surface area contributed by atoms with E-state index in [1.165, 1.54) is 11.1 Å². The third kappa shape index (κ3) is 11.7. The average Bonchev–Trinajstić information content (AvgIpc) is 2.70. The van der Waals surface area contributed by atoms with Crippen LogP contribution in [0.1, 0.15) is 112 Å². The molecule has 0 aliphatic heterocycles. The summed E-state index contributed by atoms with van der Waals surface area (Å²) in [5.74, 6) is 0.508. The topological polar surface area (TPSA) is 77.8 Å². The highest BCUT2D eigenvalue weighted by atomic mass is 16.4. The summed E-state index contributed by atoms with van der Waals surface area (Å²) in [7, 11) is 0. The van der Waals surface area contributed by atoms with Gasteiger partial charge in [0.15, 0.2) is 0 Å². The number of aliphatic hydroxyl groups is 2. The number of hydrogen-bond donors (Lipinski definition) is 3. The highest BCUT2D eigenvalue weighted by Gasteiger charge is 2.27. The molecule has 6 unspecified atom stereocenters. The van der Waals surface area contributed by atoms with Crippen molar-refractivity contribution in [1.82, 2.24) is 0 Å². The van der Waals surface area contributed by atoms with E-state index in [1.807, 2.05) is 13.0 Å². The lowest BCUT2D eigenvalue weighted by atomic mass is 9.78. The Morgan fingerprint density at radius 2 is 1.88 bits per heavy atom. The Hall–Kier alpha value is -1.13. The Morgan fingerprint density at radius 1 is 1.19 bits per heavy atom. The Bertz CT molecular complexity index is 619. The van der Waals surface area contributed by atoms with Crippen molar-refractivity contribution in [1.29, 1.82) is 0 Å². The lowest BCUT2D eigenvalue weighted by Gasteiger charge is -2.31. The van der Waals surface area contributed by atoms with Gasteiger partial charge in [-0.1, -0.05) is 63.8 Å². The quantitative estimate of drug-likeness (QED) is 0.237. The maximum absolute atomic E-state index is 10.9. The first-order valence-corrected chi connectivity index (χ1v) is 12.9. The van der Waals surface area contributed by atoms with Crippen LogP contribution in [0.25, 0.3) is 0 Å². The zero-order chi connectivity index (χ0) is 24.3. The first-order chi connectivity index (χ1) is 14.9. The van der Waals surface area contributed by atoms with Gasteiger partial charge in [-0.15, -0.1) is 0 Å². The fraction of sp³-hybridized carbons (Fsp3) is 0.821. The second-order valence-corrected chi connectivity index (χ2v) is 11.1. The Morgan fingerprint density at radius 3 is 2.50 bits per heavy atom. The summed E-state index contributed by atoms with van der Waals surface area (Å²) < 4.78 is 0. The molecule has 0 aromatic carbocycles. The molecule has 1 rings (SSSR count). The molecule has 1 aliphatic rings. The largest absolute Gasteiger partial charge is 0.481 e. The van der Waals surface area contributed by atoms with Crippen LogP contribution in [0.2, 0.25) is 0 Å². The third-order valence-corrected chi connectivity index (χ3v) is 7.61. The fourth-order valence-electron chi connectivity index (χ4n) is 4.64. The minimum absolute atomic E-state index is 0.252. The zero-order valence-corrected chi connectivity index (χ0v) is 21.6. The monoisotopic (exact) mass is 450 g/mol. The molecule has 4 heteroatoms. The molecule has 186 valence electrons. The molecular weight excluding hydrogens is 400 g/mol. The minimum Gasteiger partial charge on any atom is -0.481 e. The molecule has 0 spiro atoms. The van der Waals surface area contributed by atoms with Crippen molar-refractivity contribution in [2.45, 2.75) is 124 Å². The summed E-state index contributed by atoms with van der Waals surface area (Å²) in [6.07, 6.45) is 14.6. The summed E-state index contributed by atoms with van der Waals surface area (Å²) in [6, 6.07) is 0. The fourth-order valence-corrected chi connectivity index (χ4v) is 4.64. The minimum atomic E-state index is -0.700. The molecule has 0 aromatic rings. The Balaban J connectivity index is 2.22. The molecule has 0 bridgehead atoms. The molecule has 0 heterocycles. The molecule has 0 amide bonds. The highest BCUT2D eigenvalue weighted by molar-refractivity contribution is 5.69. The lowest BCUT2D eigenvalue weighted by Crippen LogP contribution is -2.28. The molecule has 6 atom stereocenters. The second kappa shape index (κ2) is 14.2. The van der Waals surface area contributed by atoms with Crippen molar-refractivity contribution >= 4 is 5.97 Å². The molecule has 0 radical (unpaired) electrons. The number of hydrogen-bond acceptors (Lipinski definition) is 3. The Labute approximate surface area is 197 Å². The van der Waals surface area contributed by atoms with Crippen LogP contribution in [-0.4, -0.2) is 33.0 Å².